The number of carbonyl (C=O) groups excluding carboxylic acids is 1. The summed E-state index contributed by atoms with van der Waals surface area (Å²) in [6.45, 7) is 3.41. The lowest BCUT2D eigenvalue weighted by Gasteiger charge is -2.10. The highest BCUT2D eigenvalue weighted by Crippen LogP contribution is 2.16. The molecule has 24 heavy (non-hydrogen) atoms. The molecule has 0 aliphatic carbocycles. The highest BCUT2D eigenvalue weighted by molar-refractivity contribution is 5.95. The fourth-order valence-electron chi connectivity index (χ4n) is 2.71. The van der Waals surface area contributed by atoms with Crippen molar-refractivity contribution in [1.82, 2.24) is 14.9 Å². The Bertz CT molecular complexity index is 809. The Balaban J connectivity index is 1.54. The molecule has 1 heterocycles. The number of hydrogen-bond acceptors (Lipinski definition) is 2. The molecule has 4 heteroatoms. The third-order valence-corrected chi connectivity index (χ3v) is 4.00. The summed E-state index contributed by atoms with van der Waals surface area (Å²) in [6, 6.07) is 17.8. The van der Waals surface area contributed by atoms with Gasteiger partial charge in [-0.05, 0) is 25.0 Å². The van der Waals surface area contributed by atoms with E-state index in [0.717, 1.165) is 35.5 Å². The van der Waals surface area contributed by atoms with Gasteiger partial charge in [-0.3, -0.25) is 4.79 Å². The van der Waals surface area contributed by atoms with Crippen molar-refractivity contribution in [2.24, 2.45) is 0 Å². The molecule has 0 fully saturated rings. The highest BCUT2D eigenvalue weighted by atomic mass is 16.1. The second-order valence-electron chi connectivity index (χ2n) is 5.73. The first-order valence-electron chi connectivity index (χ1n) is 8.16. The first-order chi connectivity index (χ1) is 11.8. The van der Waals surface area contributed by atoms with Crippen molar-refractivity contribution in [3.8, 4) is 11.4 Å². The van der Waals surface area contributed by atoms with Gasteiger partial charge in [0, 0.05) is 36.6 Å². The number of benzene rings is 2. The maximum absolute atomic E-state index is 12.2. The van der Waals surface area contributed by atoms with Crippen LogP contribution in [-0.2, 0) is 6.54 Å². The molecule has 122 valence electrons. The number of rotatable bonds is 6. The number of carbonyl (C=O) groups is 1. The molecular formula is C20H21N3O. The van der Waals surface area contributed by atoms with Crippen LogP contribution in [0.4, 0.5) is 0 Å². The minimum Gasteiger partial charge on any atom is -0.352 e. The second kappa shape index (κ2) is 7.59. The lowest BCUT2D eigenvalue weighted by Crippen LogP contribution is -2.25. The van der Waals surface area contributed by atoms with Crippen LogP contribution < -0.4 is 5.32 Å². The minimum atomic E-state index is -0.0120. The molecule has 1 aromatic heterocycles. The summed E-state index contributed by atoms with van der Waals surface area (Å²) in [5.41, 5.74) is 2.84. The average Bonchev–Trinajstić information content (AvgIpc) is 3.08. The molecular weight excluding hydrogens is 298 g/mol. The maximum atomic E-state index is 12.2. The predicted molar refractivity (Wildman–Crippen MR) is 95.8 cm³/mol. The van der Waals surface area contributed by atoms with E-state index in [1.54, 1.807) is 0 Å². The van der Waals surface area contributed by atoms with E-state index >= 15 is 0 Å². The summed E-state index contributed by atoms with van der Waals surface area (Å²) < 4.78 is 2.12. The Morgan fingerprint density at radius 3 is 2.62 bits per heavy atom. The van der Waals surface area contributed by atoms with Crippen molar-refractivity contribution in [3.63, 3.8) is 0 Å². The van der Waals surface area contributed by atoms with E-state index in [4.69, 9.17) is 0 Å². The van der Waals surface area contributed by atoms with Crippen molar-refractivity contribution in [2.75, 3.05) is 6.54 Å². The topological polar surface area (TPSA) is 46.9 Å². The van der Waals surface area contributed by atoms with Gasteiger partial charge in [0.15, 0.2) is 0 Å². The van der Waals surface area contributed by atoms with Crippen LogP contribution in [0.2, 0.25) is 0 Å². The average molecular weight is 319 g/mol. The lowest BCUT2D eigenvalue weighted by molar-refractivity contribution is 0.0952. The Morgan fingerprint density at radius 1 is 1.08 bits per heavy atom. The van der Waals surface area contributed by atoms with Crippen molar-refractivity contribution in [2.45, 2.75) is 19.9 Å². The third-order valence-electron chi connectivity index (χ3n) is 4.00. The summed E-state index contributed by atoms with van der Waals surface area (Å²) >= 11 is 0. The Morgan fingerprint density at radius 2 is 1.83 bits per heavy atom. The van der Waals surface area contributed by atoms with Crippen LogP contribution in [0.5, 0.6) is 0 Å². The van der Waals surface area contributed by atoms with Gasteiger partial charge in [-0.15, -0.1) is 0 Å². The maximum Gasteiger partial charge on any atom is 0.251 e. The van der Waals surface area contributed by atoms with Crippen LogP contribution in [0.3, 0.4) is 0 Å². The molecule has 4 nitrogen and oxygen atoms in total. The third kappa shape index (κ3) is 3.71. The zero-order chi connectivity index (χ0) is 16.8. The number of nitrogens with one attached hydrogen (secondary N) is 1. The summed E-state index contributed by atoms with van der Waals surface area (Å²) in [5, 5.41) is 2.99. The van der Waals surface area contributed by atoms with Crippen LogP contribution in [0, 0.1) is 6.92 Å². The van der Waals surface area contributed by atoms with E-state index in [9.17, 15) is 4.79 Å². The van der Waals surface area contributed by atoms with E-state index in [1.165, 1.54) is 0 Å². The lowest BCUT2D eigenvalue weighted by atomic mass is 10.1. The van der Waals surface area contributed by atoms with Gasteiger partial charge in [0.25, 0.3) is 5.91 Å². The summed E-state index contributed by atoms with van der Waals surface area (Å²) in [7, 11) is 0. The molecule has 1 N–H and O–H groups in total. The molecule has 0 bridgehead atoms. The van der Waals surface area contributed by atoms with Gasteiger partial charge in [0.2, 0.25) is 0 Å². The zero-order valence-corrected chi connectivity index (χ0v) is 13.8. The minimum absolute atomic E-state index is 0.0120. The van der Waals surface area contributed by atoms with Crippen LogP contribution >= 0.6 is 0 Å². The molecule has 0 saturated carbocycles. The van der Waals surface area contributed by atoms with Gasteiger partial charge in [-0.1, -0.05) is 48.5 Å². The SMILES string of the molecule is Cc1ccccc1C(=O)NCCCn1ccnc1-c1ccccc1. The van der Waals surface area contributed by atoms with E-state index in [2.05, 4.69) is 27.0 Å². The van der Waals surface area contributed by atoms with Gasteiger partial charge >= 0.3 is 0 Å². The van der Waals surface area contributed by atoms with Gasteiger partial charge in [0.1, 0.15) is 5.82 Å². The molecule has 0 radical (unpaired) electrons. The molecule has 0 aliphatic rings. The molecule has 0 unspecified atom stereocenters. The number of imidazole rings is 1. The first-order valence-corrected chi connectivity index (χ1v) is 8.16. The number of hydrogen-bond donors (Lipinski definition) is 1. The van der Waals surface area contributed by atoms with Gasteiger partial charge < -0.3 is 9.88 Å². The van der Waals surface area contributed by atoms with Gasteiger partial charge in [0.05, 0.1) is 0 Å². The molecule has 0 saturated heterocycles. The van der Waals surface area contributed by atoms with E-state index in [1.807, 2.05) is 61.8 Å². The molecule has 3 rings (SSSR count). The van der Waals surface area contributed by atoms with Crippen molar-refractivity contribution < 1.29 is 4.79 Å². The monoisotopic (exact) mass is 319 g/mol. The second-order valence-corrected chi connectivity index (χ2v) is 5.73. The normalized spacial score (nSPS) is 10.5. The zero-order valence-electron chi connectivity index (χ0n) is 13.8. The molecule has 0 aliphatic heterocycles. The van der Waals surface area contributed by atoms with Crippen molar-refractivity contribution >= 4 is 5.91 Å². The molecule has 0 spiro atoms. The Kier molecular flexibility index (Phi) is 5.06. The van der Waals surface area contributed by atoms with Gasteiger partial charge in [-0.2, -0.15) is 0 Å². The Labute approximate surface area is 142 Å². The van der Waals surface area contributed by atoms with Crippen LogP contribution in [-0.4, -0.2) is 22.0 Å². The van der Waals surface area contributed by atoms with E-state index in [0.29, 0.717) is 6.54 Å². The number of aryl methyl sites for hydroxylation is 2. The smallest absolute Gasteiger partial charge is 0.251 e. The molecule has 0 atom stereocenters. The number of aromatic nitrogens is 2. The fraction of sp³-hybridized carbons (Fsp3) is 0.200. The first kappa shape index (κ1) is 16.0. The summed E-state index contributed by atoms with van der Waals surface area (Å²) in [5.74, 6) is 0.947. The molecule has 3 aromatic rings. The van der Waals surface area contributed by atoms with Gasteiger partial charge in [-0.25, -0.2) is 4.98 Å². The Hall–Kier alpha value is -2.88. The van der Waals surface area contributed by atoms with Crippen molar-refractivity contribution in [3.05, 3.63) is 78.1 Å². The number of nitrogens with zero attached hydrogens (tertiary/aromatic N) is 2. The molecule has 2 aromatic carbocycles. The van der Waals surface area contributed by atoms with E-state index < -0.39 is 0 Å². The van der Waals surface area contributed by atoms with E-state index in [-0.39, 0.29) is 5.91 Å². The largest absolute Gasteiger partial charge is 0.352 e. The predicted octanol–water partition coefficient (Wildman–Crippen LogP) is 3.68. The van der Waals surface area contributed by atoms with Crippen LogP contribution in [0.25, 0.3) is 11.4 Å². The van der Waals surface area contributed by atoms with Crippen LogP contribution in [0.1, 0.15) is 22.3 Å². The van der Waals surface area contributed by atoms with Crippen molar-refractivity contribution in [1.29, 1.82) is 0 Å². The van der Waals surface area contributed by atoms with Crippen LogP contribution in [0.15, 0.2) is 67.0 Å². The summed E-state index contributed by atoms with van der Waals surface area (Å²) in [6.07, 6.45) is 4.65. The number of amides is 1. The fourth-order valence-corrected chi connectivity index (χ4v) is 2.71. The quantitative estimate of drug-likeness (QED) is 0.705. The standard InChI is InChI=1S/C20H21N3O/c1-16-8-5-6-11-18(16)20(24)22-12-7-14-23-15-13-21-19(23)17-9-3-2-4-10-17/h2-6,8-11,13,15H,7,12,14H2,1H3,(H,22,24). The highest BCUT2D eigenvalue weighted by Gasteiger charge is 2.08. The molecule has 1 amide bonds. The summed E-state index contributed by atoms with van der Waals surface area (Å²) in [4.78, 5) is 16.6.